The van der Waals surface area contributed by atoms with Crippen molar-refractivity contribution in [1.29, 1.82) is 0 Å². The molecule has 200 valence electrons. The van der Waals surface area contributed by atoms with Crippen LogP contribution in [0.15, 0.2) is 41.5 Å². The number of aromatic nitrogens is 4. The number of H-pyrrole nitrogens is 1. The van der Waals surface area contributed by atoms with E-state index in [1.54, 1.807) is 18.2 Å². The first-order valence-electron chi connectivity index (χ1n) is 11.2. The van der Waals surface area contributed by atoms with E-state index in [9.17, 15) is 24.4 Å². The fourth-order valence-electron chi connectivity index (χ4n) is 3.88. The van der Waals surface area contributed by atoms with Gasteiger partial charge in [-0.3, -0.25) is 23.7 Å². The van der Waals surface area contributed by atoms with E-state index in [2.05, 4.69) is 24.8 Å². The van der Waals surface area contributed by atoms with Gasteiger partial charge in [-0.25, -0.2) is 9.55 Å². The number of hydrogen-bond acceptors (Lipinski definition) is 12. The molecule has 0 amide bonds. The van der Waals surface area contributed by atoms with Gasteiger partial charge in [0.25, 0.3) is 5.56 Å². The van der Waals surface area contributed by atoms with Gasteiger partial charge in [0.15, 0.2) is 17.4 Å². The summed E-state index contributed by atoms with van der Waals surface area (Å²) in [4.78, 5) is 34.4. The van der Waals surface area contributed by atoms with E-state index in [0.717, 1.165) is 0 Å². The number of anilines is 1. The third-order valence-electron chi connectivity index (χ3n) is 5.64. The van der Waals surface area contributed by atoms with Gasteiger partial charge in [-0.05, 0) is 26.0 Å². The number of nitrogens with zero attached hydrogens (tertiary/aromatic N) is 3. The Hall–Kier alpha value is -3.33. The fourth-order valence-corrected chi connectivity index (χ4v) is 5.57. The van der Waals surface area contributed by atoms with Gasteiger partial charge in [0.05, 0.1) is 19.5 Å². The second kappa shape index (κ2) is 10.6. The monoisotopic (exact) mass is 538 g/mol. The molecule has 6 N–H and O–H groups in total. The van der Waals surface area contributed by atoms with Crippen molar-refractivity contribution in [3.63, 3.8) is 0 Å². The van der Waals surface area contributed by atoms with Crippen molar-refractivity contribution in [2.24, 2.45) is 0 Å². The van der Waals surface area contributed by atoms with Crippen LogP contribution in [0.1, 0.15) is 20.1 Å². The Bertz CT molecular complexity index is 1370. The number of carbonyl (C=O) groups is 1. The molecule has 1 aromatic carbocycles. The van der Waals surface area contributed by atoms with E-state index in [0.29, 0.717) is 0 Å². The Morgan fingerprint density at radius 3 is 2.65 bits per heavy atom. The van der Waals surface area contributed by atoms with E-state index >= 15 is 0 Å². The molecule has 0 saturated carbocycles. The van der Waals surface area contributed by atoms with Crippen LogP contribution in [0.2, 0.25) is 0 Å². The number of ether oxygens (including phenoxy) is 2. The Morgan fingerprint density at radius 1 is 1.27 bits per heavy atom. The Labute approximate surface area is 210 Å². The lowest BCUT2D eigenvalue weighted by atomic mass is 10.1. The molecule has 0 aliphatic carbocycles. The number of fused-ring (bicyclic) bond motifs is 1. The number of aliphatic hydroxyl groups is 2. The molecular formula is C21H27N6O9P. The summed E-state index contributed by atoms with van der Waals surface area (Å²) in [6.45, 7) is 2.85. The predicted molar refractivity (Wildman–Crippen MR) is 128 cm³/mol. The molecule has 3 heterocycles. The molecule has 1 saturated heterocycles. The fraction of sp³-hybridized carbons (Fsp3) is 0.429. The minimum atomic E-state index is -4.27. The molecule has 1 fully saturated rings. The van der Waals surface area contributed by atoms with E-state index in [1.165, 1.54) is 44.0 Å². The number of hydrogen-bond donors (Lipinski definition) is 5. The van der Waals surface area contributed by atoms with Gasteiger partial charge in [-0.2, -0.15) is 10.1 Å². The minimum absolute atomic E-state index is 0.0263. The number of benzene rings is 1. The van der Waals surface area contributed by atoms with Crippen molar-refractivity contribution in [3.8, 4) is 5.75 Å². The molecule has 7 unspecified atom stereocenters. The zero-order chi connectivity index (χ0) is 26.9. The van der Waals surface area contributed by atoms with Crippen LogP contribution >= 0.6 is 7.75 Å². The molecule has 0 radical (unpaired) electrons. The molecule has 0 bridgehead atoms. The number of carbonyl (C=O) groups excluding carboxylic acids is 1. The van der Waals surface area contributed by atoms with Crippen LogP contribution in [-0.2, 0) is 23.4 Å². The van der Waals surface area contributed by atoms with Crippen molar-refractivity contribution in [3.05, 3.63) is 47.0 Å². The van der Waals surface area contributed by atoms with E-state index < -0.39 is 56.0 Å². The molecule has 1 aliphatic heterocycles. The highest BCUT2D eigenvalue weighted by molar-refractivity contribution is 7.52. The number of esters is 1. The summed E-state index contributed by atoms with van der Waals surface area (Å²) in [5.74, 6) is -0.702. The maximum Gasteiger partial charge on any atom is 0.459 e. The molecule has 37 heavy (non-hydrogen) atoms. The first-order chi connectivity index (χ1) is 17.5. The topological polar surface area (TPSA) is 213 Å². The Morgan fingerprint density at radius 2 is 1.97 bits per heavy atom. The van der Waals surface area contributed by atoms with Crippen LogP contribution in [-0.4, -0.2) is 73.3 Å². The molecule has 16 heteroatoms. The molecule has 1 aliphatic rings. The SMILES string of the molecule is COC(=O)C(C)NP(=O)(Oc1ccccc1)OC(C)C1OC(n2cnc3c(=O)[nH]c(N)nc32)C(O)C1O. The first kappa shape index (κ1) is 26.7. The highest BCUT2D eigenvalue weighted by Crippen LogP contribution is 2.48. The van der Waals surface area contributed by atoms with E-state index in [1.807, 2.05) is 0 Å². The molecule has 0 spiro atoms. The summed E-state index contributed by atoms with van der Waals surface area (Å²) < 4.78 is 36.8. The number of nitrogens with two attached hydrogens (primary N) is 1. The lowest BCUT2D eigenvalue weighted by molar-refractivity contribution is -0.142. The summed E-state index contributed by atoms with van der Waals surface area (Å²) in [6.07, 6.45) is -5.41. The van der Waals surface area contributed by atoms with Crippen molar-refractivity contribution in [2.45, 2.75) is 50.5 Å². The van der Waals surface area contributed by atoms with E-state index in [-0.39, 0.29) is 22.9 Å². The quantitative estimate of drug-likeness (QED) is 0.180. The van der Waals surface area contributed by atoms with E-state index in [4.69, 9.17) is 19.5 Å². The number of aromatic amines is 1. The normalized spacial score (nSPS) is 24.9. The number of imidazole rings is 1. The van der Waals surface area contributed by atoms with Crippen LogP contribution in [0.25, 0.3) is 11.2 Å². The van der Waals surface area contributed by atoms with Crippen LogP contribution in [0.4, 0.5) is 5.95 Å². The largest absolute Gasteiger partial charge is 0.468 e. The van der Waals surface area contributed by atoms with Crippen LogP contribution in [0, 0.1) is 0 Å². The Kier molecular flexibility index (Phi) is 7.64. The number of rotatable bonds is 9. The maximum absolute atomic E-state index is 13.7. The summed E-state index contributed by atoms with van der Waals surface area (Å²) in [5.41, 5.74) is 5.02. The highest BCUT2D eigenvalue weighted by atomic mass is 31.2. The number of aliphatic hydroxyl groups excluding tert-OH is 2. The second-order valence-electron chi connectivity index (χ2n) is 8.33. The van der Waals surface area contributed by atoms with Gasteiger partial charge in [-0.15, -0.1) is 0 Å². The smallest absolute Gasteiger partial charge is 0.459 e. The minimum Gasteiger partial charge on any atom is -0.468 e. The maximum atomic E-state index is 13.7. The molecule has 4 rings (SSSR count). The van der Waals surface area contributed by atoms with Crippen LogP contribution in [0.5, 0.6) is 5.75 Å². The third kappa shape index (κ3) is 5.51. The summed E-state index contributed by atoms with van der Waals surface area (Å²) in [5, 5.41) is 24.0. The number of para-hydroxylation sites is 1. The van der Waals surface area contributed by atoms with Gasteiger partial charge in [-0.1, -0.05) is 18.2 Å². The number of nitrogens with one attached hydrogen (secondary N) is 2. The lowest BCUT2D eigenvalue weighted by Crippen LogP contribution is -2.41. The third-order valence-corrected chi connectivity index (χ3v) is 7.41. The van der Waals surface area contributed by atoms with Crippen molar-refractivity contribution < 1.29 is 38.1 Å². The summed E-state index contributed by atoms with van der Waals surface area (Å²) >= 11 is 0. The molecule has 3 aromatic rings. The van der Waals surface area contributed by atoms with Gasteiger partial charge in [0, 0.05) is 0 Å². The average molecular weight is 538 g/mol. The van der Waals surface area contributed by atoms with Gasteiger partial charge in [0.2, 0.25) is 5.95 Å². The Balaban J connectivity index is 1.58. The average Bonchev–Trinajstić information content (AvgIpc) is 3.39. The predicted octanol–water partition coefficient (Wildman–Crippen LogP) is 0.0643. The summed E-state index contributed by atoms with van der Waals surface area (Å²) in [6, 6.07) is 7.03. The second-order valence-corrected chi connectivity index (χ2v) is 9.98. The van der Waals surface area contributed by atoms with Crippen LogP contribution in [0.3, 0.4) is 0 Å². The summed E-state index contributed by atoms with van der Waals surface area (Å²) in [7, 11) is -3.09. The van der Waals surface area contributed by atoms with Crippen molar-refractivity contribution in [2.75, 3.05) is 12.8 Å². The van der Waals surface area contributed by atoms with Gasteiger partial charge in [0.1, 0.15) is 30.1 Å². The zero-order valence-electron chi connectivity index (χ0n) is 20.0. The number of nitrogen functional groups attached to an aromatic ring is 1. The molecule has 15 nitrogen and oxygen atoms in total. The first-order valence-corrected chi connectivity index (χ1v) is 12.7. The number of methoxy groups -OCH3 is 1. The van der Waals surface area contributed by atoms with Crippen LogP contribution < -0.4 is 20.9 Å². The van der Waals surface area contributed by atoms with Crippen molar-refractivity contribution >= 4 is 30.8 Å². The van der Waals surface area contributed by atoms with Crippen molar-refractivity contribution in [1.82, 2.24) is 24.6 Å². The van der Waals surface area contributed by atoms with Gasteiger partial charge < -0.3 is 29.9 Å². The van der Waals surface area contributed by atoms with Gasteiger partial charge >= 0.3 is 13.7 Å². The zero-order valence-corrected chi connectivity index (χ0v) is 20.9. The lowest BCUT2D eigenvalue weighted by Gasteiger charge is -2.28. The molecule has 7 atom stereocenters. The molecular weight excluding hydrogens is 511 g/mol. The highest BCUT2D eigenvalue weighted by Gasteiger charge is 2.49. The standard InChI is InChI=1S/C21H27N6O9P/c1-10(20(31)33-3)26-37(32,36-12-7-5-4-6-8-12)35-11(2)16-14(28)15(29)19(34-16)27-9-23-13-17(27)24-21(22)25-18(13)30/h4-11,14-16,19,28-29H,1-3H3,(H,26,32)(H3,22,24,25,30). The molecule has 2 aromatic heterocycles.